The Kier molecular flexibility index (Phi) is 5.81. The van der Waals surface area contributed by atoms with Gasteiger partial charge in [0.15, 0.2) is 17.4 Å². The summed E-state index contributed by atoms with van der Waals surface area (Å²) in [6, 6.07) is 7.91. The third-order valence-corrected chi connectivity index (χ3v) is 4.90. The fourth-order valence-electron chi connectivity index (χ4n) is 3.45. The lowest BCUT2D eigenvalue weighted by atomic mass is 9.94. The van der Waals surface area contributed by atoms with Crippen molar-refractivity contribution in [1.29, 1.82) is 0 Å². The van der Waals surface area contributed by atoms with Crippen LogP contribution in [0.2, 0.25) is 0 Å². The fraction of sp³-hybridized carbons (Fsp3) is 0.130. The van der Waals surface area contributed by atoms with Gasteiger partial charge in [-0.3, -0.25) is 9.97 Å². The number of anilines is 1. The van der Waals surface area contributed by atoms with Crippen LogP contribution >= 0.6 is 0 Å². The molecule has 0 aliphatic carbocycles. The van der Waals surface area contributed by atoms with E-state index in [1.165, 1.54) is 31.6 Å². The van der Waals surface area contributed by atoms with Crippen molar-refractivity contribution in [3.05, 3.63) is 89.4 Å². The second kappa shape index (κ2) is 8.70. The Labute approximate surface area is 180 Å². The molecule has 0 saturated heterocycles. The highest BCUT2D eigenvalue weighted by atomic mass is 19.2. The summed E-state index contributed by atoms with van der Waals surface area (Å²) in [4.78, 5) is 8.02. The zero-order valence-electron chi connectivity index (χ0n) is 16.7. The van der Waals surface area contributed by atoms with Gasteiger partial charge in [-0.05, 0) is 25.1 Å². The van der Waals surface area contributed by atoms with Crippen LogP contribution in [0.5, 0.6) is 11.5 Å². The minimum absolute atomic E-state index is 0.0409. The van der Waals surface area contributed by atoms with Crippen LogP contribution in [0.1, 0.15) is 24.1 Å². The van der Waals surface area contributed by atoms with Crippen LogP contribution in [-0.4, -0.2) is 21.7 Å². The normalized spacial score (nSPS) is 12.0. The predicted molar refractivity (Wildman–Crippen MR) is 111 cm³/mol. The van der Waals surface area contributed by atoms with Gasteiger partial charge in [0.05, 0.1) is 23.9 Å². The highest BCUT2D eigenvalue weighted by Crippen LogP contribution is 2.41. The van der Waals surface area contributed by atoms with Crippen molar-refractivity contribution in [2.24, 2.45) is 0 Å². The maximum Gasteiger partial charge on any atom is 0.204 e. The van der Waals surface area contributed by atoms with Gasteiger partial charge in [-0.15, -0.1) is 0 Å². The molecule has 5 nitrogen and oxygen atoms in total. The molecule has 2 heterocycles. The van der Waals surface area contributed by atoms with Gasteiger partial charge in [0.2, 0.25) is 11.6 Å². The average molecular weight is 443 g/mol. The van der Waals surface area contributed by atoms with Crippen molar-refractivity contribution in [1.82, 2.24) is 9.97 Å². The summed E-state index contributed by atoms with van der Waals surface area (Å²) in [7, 11) is 0. The van der Waals surface area contributed by atoms with E-state index >= 15 is 8.78 Å². The summed E-state index contributed by atoms with van der Waals surface area (Å²) < 4.78 is 64.2. The molecule has 0 radical (unpaired) electrons. The van der Waals surface area contributed by atoms with E-state index < -0.39 is 46.4 Å². The van der Waals surface area contributed by atoms with Gasteiger partial charge in [0, 0.05) is 29.5 Å². The van der Waals surface area contributed by atoms with Gasteiger partial charge in [0.1, 0.15) is 11.3 Å². The molecule has 0 fully saturated rings. The molecule has 0 spiro atoms. The van der Waals surface area contributed by atoms with Crippen molar-refractivity contribution in [3.8, 4) is 11.5 Å². The fourth-order valence-corrected chi connectivity index (χ4v) is 3.45. The Balaban J connectivity index is 1.97. The molecule has 2 N–H and O–H groups in total. The van der Waals surface area contributed by atoms with E-state index in [1.54, 1.807) is 30.3 Å². The number of nitrogens with zero attached hydrogens (tertiary/aromatic N) is 2. The van der Waals surface area contributed by atoms with Crippen LogP contribution in [0.15, 0.2) is 55.0 Å². The SMILES string of the molecule is CCOc1c(F)c(F)c(C(Nc2cccnc2)c2ccc3cccnc3c2O)c(F)c1F. The third kappa shape index (κ3) is 3.66. The second-order valence-electron chi connectivity index (χ2n) is 6.83. The molecule has 2 aromatic heterocycles. The molecule has 32 heavy (non-hydrogen) atoms. The molecule has 0 aliphatic rings. The number of ether oxygens (including phenoxy) is 1. The summed E-state index contributed by atoms with van der Waals surface area (Å²) in [5, 5.41) is 14.2. The van der Waals surface area contributed by atoms with Gasteiger partial charge in [0.25, 0.3) is 0 Å². The zero-order valence-corrected chi connectivity index (χ0v) is 16.7. The first-order valence-corrected chi connectivity index (χ1v) is 9.65. The van der Waals surface area contributed by atoms with Crippen molar-refractivity contribution in [2.45, 2.75) is 13.0 Å². The molecule has 0 amide bonds. The minimum atomic E-state index is -1.67. The number of hydrogen-bond donors (Lipinski definition) is 2. The van der Waals surface area contributed by atoms with Crippen molar-refractivity contribution in [2.75, 3.05) is 11.9 Å². The molecular formula is C23H17F4N3O2. The smallest absolute Gasteiger partial charge is 0.204 e. The lowest BCUT2D eigenvalue weighted by molar-refractivity contribution is 0.284. The molecule has 2 aromatic carbocycles. The summed E-state index contributed by atoms with van der Waals surface area (Å²) in [6.45, 7) is 1.23. The van der Waals surface area contributed by atoms with E-state index in [2.05, 4.69) is 15.3 Å². The predicted octanol–water partition coefficient (Wildman–Crippen LogP) is 5.49. The Morgan fingerprint density at radius 2 is 1.69 bits per heavy atom. The molecule has 164 valence electrons. The summed E-state index contributed by atoms with van der Waals surface area (Å²) in [5.74, 6) is -8.16. The number of fused-ring (bicyclic) bond motifs is 1. The van der Waals surface area contributed by atoms with Gasteiger partial charge >= 0.3 is 0 Å². The Hall–Kier alpha value is -3.88. The third-order valence-electron chi connectivity index (χ3n) is 4.90. The highest BCUT2D eigenvalue weighted by molar-refractivity contribution is 5.86. The summed E-state index contributed by atoms with van der Waals surface area (Å²) in [6.07, 6.45) is 4.28. The minimum Gasteiger partial charge on any atom is -0.505 e. The Morgan fingerprint density at radius 3 is 2.34 bits per heavy atom. The van der Waals surface area contributed by atoms with E-state index in [4.69, 9.17) is 4.74 Å². The van der Waals surface area contributed by atoms with Crippen LogP contribution in [0.3, 0.4) is 0 Å². The quantitative estimate of drug-likeness (QED) is 0.305. The standard InChI is InChI=1S/C23H17F4N3O2/c1-2-32-23-18(26)16(24)15(17(25)19(23)27)21(30-13-6-4-9-28-11-13)14-8-7-12-5-3-10-29-20(12)22(14)31/h3-11,21,30-31H,2H2,1H3. The number of rotatable bonds is 6. The lowest BCUT2D eigenvalue weighted by Gasteiger charge is -2.24. The molecule has 0 saturated carbocycles. The zero-order chi connectivity index (χ0) is 22.8. The van der Waals surface area contributed by atoms with E-state index in [9.17, 15) is 13.9 Å². The van der Waals surface area contributed by atoms with Gasteiger partial charge in [-0.2, -0.15) is 8.78 Å². The van der Waals surface area contributed by atoms with E-state index in [0.29, 0.717) is 11.1 Å². The molecular weight excluding hydrogens is 426 g/mol. The average Bonchev–Trinajstić information content (AvgIpc) is 2.81. The number of phenols is 1. The molecule has 1 atom stereocenters. The maximum atomic E-state index is 15.1. The molecule has 9 heteroatoms. The van der Waals surface area contributed by atoms with Gasteiger partial charge in [-0.1, -0.05) is 18.2 Å². The van der Waals surface area contributed by atoms with Crippen LogP contribution in [0.4, 0.5) is 23.2 Å². The molecule has 4 rings (SSSR count). The van der Waals surface area contributed by atoms with Crippen LogP contribution < -0.4 is 10.1 Å². The van der Waals surface area contributed by atoms with E-state index in [0.717, 1.165) is 0 Å². The first kappa shape index (κ1) is 21.4. The largest absolute Gasteiger partial charge is 0.505 e. The van der Waals surface area contributed by atoms with Gasteiger partial charge < -0.3 is 15.2 Å². The number of aromatic nitrogens is 2. The number of pyridine rings is 2. The van der Waals surface area contributed by atoms with E-state index in [1.807, 2.05) is 0 Å². The van der Waals surface area contributed by atoms with Crippen molar-refractivity contribution >= 4 is 16.6 Å². The van der Waals surface area contributed by atoms with Crippen LogP contribution in [0.25, 0.3) is 10.9 Å². The monoisotopic (exact) mass is 443 g/mol. The van der Waals surface area contributed by atoms with E-state index in [-0.39, 0.29) is 17.7 Å². The second-order valence-corrected chi connectivity index (χ2v) is 6.83. The molecule has 4 aromatic rings. The number of benzene rings is 2. The van der Waals surface area contributed by atoms with Crippen LogP contribution in [-0.2, 0) is 0 Å². The topological polar surface area (TPSA) is 67.3 Å². The molecule has 0 aliphatic heterocycles. The Morgan fingerprint density at radius 1 is 0.969 bits per heavy atom. The summed E-state index contributed by atoms with van der Waals surface area (Å²) in [5.41, 5.74) is -0.541. The van der Waals surface area contributed by atoms with Crippen LogP contribution in [0, 0.1) is 23.3 Å². The number of nitrogens with one attached hydrogen (secondary N) is 1. The number of aromatic hydroxyl groups is 1. The number of halogens is 4. The first-order chi connectivity index (χ1) is 15.4. The first-order valence-electron chi connectivity index (χ1n) is 9.65. The van der Waals surface area contributed by atoms with Gasteiger partial charge in [-0.25, -0.2) is 8.78 Å². The highest BCUT2D eigenvalue weighted by Gasteiger charge is 2.33. The number of hydrogen-bond acceptors (Lipinski definition) is 5. The van der Waals surface area contributed by atoms with Crippen molar-refractivity contribution < 1.29 is 27.4 Å². The number of phenolic OH excluding ortho intramolecular Hbond substituents is 1. The lowest BCUT2D eigenvalue weighted by Crippen LogP contribution is -2.19. The van der Waals surface area contributed by atoms with Crippen molar-refractivity contribution in [3.63, 3.8) is 0 Å². The Bertz CT molecular complexity index is 1260. The molecule has 0 bridgehead atoms. The summed E-state index contributed by atoms with van der Waals surface area (Å²) >= 11 is 0. The maximum absolute atomic E-state index is 15.1. The molecule has 1 unspecified atom stereocenters.